The van der Waals surface area contributed by atoms with Crippen LogP contribution in [0.4, 0.5) is 5.69 Å². The lowest BCUT2D eigenvalue weighted by atomic mass is 9.96. The monoisotopic (exact) mass is 339 g/mol. The number of ether oxygens (including phenoxy) is 1. The fraction of sp³-hybridized carbons (Fsp3) is 0.300. The van der Waals surface area contributed by atoms with Gasteiger partial charge in [-0.05, 0) is 55.2 Å². The topological polar surface area (TPSA) is 75.6 Å². The Morgan fingerprint density at radius 1 is 1.20 bits per heavy atom. The third-order valence-electron chi connectivity index (χ3n) is 4.55. The van der Waals surface area contributed by atoms with Gasteiger partial charge in [-0.1, -0.05) is 18.2 Å². The molecule has 0 radical (unpaired) electrons. The van der Waals surface area contributed by atoms with Crippen molar-refractivity contribution in [1.29, 1.82) is 0 Å². The van der Waals surface area contributed by atoms with Crippen LogP contribution < -0.4 is 10.1 Å². The Morgan fingerprint density at radius 2 is 1.96 bits per heavy atom. The summed E-state index contributed by atoms with van der Waals surface area (Å²) in [5.41, 5.74) is 4.76. The standard InChI is InChI=1S/C20H21NO4/c1-12-8-16-17(11-25-18(16)9-13(12)2)20(24)21-15-5-3-4-14(10-15)6-7-19(22)23/h3-5,8-10,17H,6-7,11H2,1-2H3,(H,21,24)(H,22,23). The fourth-order valence-corrected chi connectivity index (χ4v) is 2.97. The summed E-state index contributed by atoms with van der Waals surface area (Å²) in [6.45, 7) is 4.38. The molecule has 2 aromatic carbocycles. The molecule has 0 saturated heterocycles. The van der Waals surface area contributed by atoms with Crippen LogP contribution in [0.15, 0.2) is 36.4 Å². The van der Waals surface area contributed by atoms with Gasteiger partial charge in [-0.2, -0.15) is 0 Å². The van der Waals surface area contributed by atoms with Crippen LogP contribution in [0.3, 0.4) is 0 Å². The summed E-state index contributed by atoms with van der Waals surface area (Å²) in [5, 5.41) is 11.7. The van der Waals surface area contributed by atoms with Gasteiger partial charge in [0.15, 0.2) is 0 Å². The van der Waals surface area contributed by atoms with E-state index in [1.54, 1.807) is 6.07 Å². The third kappa shape index (κ3) is 3.82. The molecule has 25 heavy (non-hydrogen) atoms. The smallest absolute Gasteiger partial charge is 0.303 e. The molecule has 3 rings (SSSR count). The van der Waals surface area contributed by atoms with Crippen molar-refractivity contribution in [3.8, 4) is 5.75 Å². The van der Waals surface area contributed by atoms with Crippen molar-refractivity contribution < 1.29 is 19.4 Å². The molecular formula is C20H21NO4. The van der Waals surface area contributed by atoms with E-state index in [0.717, 1.165) is 28.0 Å². The minimum atomic E-state index is -0.834. The highest BCUT2D eigenvalue weighted by molar-refractivity contribution is 5.97. The normalized spacial score (nSPS) is 15.4. The number of aliphatic carboxylic acids is 1. The van der Waals surface area contributed by atoms with E-state index in [1.165, 1.54) is 0 Å². The Kier molecular flexibility index (Phi) is 4.74. The highest BCUT2D eigenvalue weighted by atomic mass is 16.5. The lowest BCUT2D eigenvalue weighted by molar-refractivity contribution is -0.137. The number of fused-ring (bicyclic) bond motifs is 1. The minimum absolute atomic E-state index is 0.0693. The van der Waals surface area contributed by atoms with Gasteiger partial charge in [0.2, 0.25) is 5.91 Å². The van der Waals surface area contributed by atoms with E-state index in [9.17, 15) is 9.59 Å². The number of hydrogen-bond acceptors (Lipinski definition) is 3. The molecule has 2 aromatic rings. The number of aryl methyl sites for hydroxylation is 3. The van der Waals surface area contributed by atoms with Crippen LogP contribution in [0, 0.1) is 13.8 Å². The Bertz CT molecular complexity index is 828. The summed E-state index contributed by atoms with van der Waals surface area (Å²) in [5.74, 6) is -0.507. The summed E-state index contributed by atoms with van der Waals surface area (Å²) in [4.78, 5) is 23.4. The number of anilines is 1. The Morgan fingerprint density at radius 3 is 2.72 bits per heavy atom. The molecule has 1 unspecified atom stereocenters. The molecule has 2 N–H and O–H groups in total. The second-order valence-corrected chi connectivity index (χ2v) is 6.42. The summed E-state index contributed by atoms with van der Waals surface area (Å²) < 4.78 is 5.67. The highest BCUT2D eigenvalue weighted by Gasteiger charge is 2.31. The Balaban J connectivity index is 1.73. The average Bonchev–Trinajstić information content (AvgIpc) is 2.96. The van der Waals surface area contributed by atoms with Crippen molar-refractivity contribution in [2.75, 3.05) is 11.9 Å². The molecule has 1 aliphatic heterocycles. The number of amides is 1. The third-order valence-corrected chi connectivity index (χ3v) is 4.55. The molecule has 0 spiro atoms. The Hall–Kier alpha value is -2.82. The van der Waals surface area contributed by atoms with Crippen LogP contribution in [0.1, 0.15) is 34.6 Å². The van der Waals surface area contributed by atoms with Crippen LogP contribution in [0.5, 0.6) is 5.75 Å². The van der Waals surface area contributed by atoms with Gasteiger partial charge in [0.25, 0.3) is 0 Å². The first kappa shape index (κ1) is 17.0. The van der Waals surface area contributed by atoms with Crippen LogP contribution in [-0.2, 0) is 16.0 Å². The van der Waals surface area contributed by atoms with Gasteiger partial charge >= 0.3 is 5.97 Å². The van der Waals surface area contributed by atoms with Crippen molar-refractivity contribution in [3.63, 3.8) is 0 Å². The molecule has 0 aromatic heterocycles. The maximum Gasteiger partial charge on any atom is 0.303 e. The first-order valence-electron chi connectivity index (χ1n) is 8.29. The van der Waals surface area contributed by atoms with Gasteiger partial charge in [0.05, 0.1) is 0 Å². The first-order chi connectivity index (χ1) is 11.9. The number of nitrogens with one attached hydrogen (secondary N) is 1. The summed E-state index contributed by atoms with van der Waals surface area (Å²) in [7, 11) is 0. The highest BCUT2D eigenvalue weighted by Crippen LogP contribution is 2.36. The van der Waals surface area contributed by atoms with Gasteiger partial charge in [-0.3, -0.25) is 9.59 Å². The lowest BCUT2D eigenvalue weighted by Gasteiger charge is -2.12. The lowest BCUT2D eigenvalue weighted by Crippen LogP contribution is -2.22. The van der Waals surface area contributed by atoms with Crippen molar-refractivity contribution in [3.05, 3.63) is 58.7 Å². The molecular weight excluding hydrogens is 318 g/mol. The van der Waals surface area contributed by atoms with Gasteiger partial charge in [-0.15, -0.1) is 0 Å². The van der Waals surface area contributed by atoms with Gasteiger partial charge in [0, 0.05) is 17.7 Å². The number of rotatable bonds is 5. The number of hydrogen-bond donors (Lipinski definition) is 2. The zero-order valence-electron chi connectivity index (χ0n) is 14.3. The summed E-state index contributed by atoms with van der Waals surface area (Å²) in [6, 6.07) is 11.3. The van der Waals surface area contributed by atoms with Crippen LogP contribution in [0.25, 0.3) is 0 Å². The predicted octanol–water partition coefficient (Wildman–Crippen LogP) is 3.44. The molecule has 130 valence electrons. The zero-order valence-corrected chi connectivity index (χ0v) is 14.3. The van der Waals surface area contributed by atoms with E-state index in [1.807, 2.05) is 44.2 Å². The number of carboxylic acids is 1. The summed E-state index contributed by atoms with van der Waals surface area (Å²) >= 11 is 0. The zero-order chi connectivity index (χ0) is 18.0. The first-order valence-corrected chi connectivity index (χ1v) is 8.29. The molecule has 5 nitrogen and oxygen atoms in total. The fourth-order valence-electron chi connectivity index (χ4n) is 2.97. The van der Waals surface area contributed by atoms with Crippen molar-refractivity contribution in [2.45, 2.75) is 32.6 Å². The van der Waals surface area contributed by atoms with Crippen LogP contribution >= 0.6 is 0 Å². The van der Waals surface area contributed by atoms with Crippen LogP contribution in [0.2, 0.25) is 0 Å². The minimum Gasteiger partial charge on any atom is -0.492 e. The molecule has 1 heterocycles. The number of carbonyl (C=O) groups is 2. The number of carboxylic acid groups (broad SMARTS) is 1. The van der Waals surface area contributed by atoms with E-state index >= 15 is 0 Å². The molecule has 0 bridgehead atoms. The van der Waals surface area contributed by atoms with Crippen molar-refractivity contribution in [2.24, 2.45) is 0 Å². The SMILES string of the molecule is Cc1cc2c(cc1C)C(C(=O)Nc1cccc(CCC(=O)O)c1)CO2. The Labute approximate surface area is 146 Å². The largest absolute Gasteiger partial charge is 0.492 e. The molecule has 0 saturated carbocycles. The van der Waals surface area contributed by atoms with Gasteiger partial charge < -0.3 is 15.2 Å². The van der Waals surface area contributed by atoms with Gasteiger partial charge in [0.1, 0.15) is 18.3 Å². The summed E-state index contributed by atoms with van der Waals surface area (Å²) in [6.07, 6.45) is 0.507. The maximum atomic E-state index is 12.7. The van der Waals surface area contributed by atoms with E-state index in [-0.39, 0.29) is 18.2 Å². The predicted molar refractivity (Wildman–Crippen MR) is 95.2 cm³/mol. The molecule has 1 atom stereocenters. The van der Waals surface area contributed by atoms with Crippen LogP contribution in [-0.4, -0.2) is 23.6 Å². The molecule has 0 fully saturated rings. The van der Waals surface area contributed by atoms with E-state index in [0.29, 0.717) is 18.7 Å². The second kappa shape index (κ2) is 6.97. The molecule has 0 aliphatic carbocycles. The van der Waals surface area contributed by atoms with Crippen molar-refractivity contribution >= 4 is 17.6 Å². The molecule has 1 aliphatic rings. The average molecular weight is 339 g/mol. The van der Waals surface area contributed by atoms with E-state index in [2.05, 4.69) is 5.32 Å². The molecule has 1 amide bonds. The van der Waals surface area contributed by atoms with E-state index in [4.69, 9.17) is 9.84 Å². The van der Waals surface area contributed by atoms with Crippen molar-refractivity contribution in [1.82, 2.24) is 0 Å². The maximum absolute atomic E-state index is 12.7. The molecule has 5 heteroatoms. The van der Waals surface area contributed by atoms with Gasteiger partial charge in [-0.25, -0.2) is 0 Å². The quantitative estimate of drug-likeness (QED) is 0.875. The van der Waals surface area contributed by atoms with E-state index < -0.39 is 5.97 Å². The number of benzene rings is 2. The second-order valence-electron chi connectivity index (χ2n) is 6.42. The number of carbonyl (C=O) groups excluding carboxylic acids is 1.